The zero-order valence-electron chi connectivity index (χ0n) is 10.2. The number of morpholine rings is 1. The molecule has 0 saturated carbocycles. The van der Waals surface area contributed by atoms with Crippen molar-refractivity contribution >= 4 is 0 Å². The molecule has 1 aliphatic heterocycles. The van der Waals surface area contributed by atoms with Crippen molar-refractivity contribution in [1.82, 2.24) is 10.1 Å². The highest BCUT2D eigenvalue weighted by Gasteiger charge is 2.13. The first-order valence-electron chi connectivity index (χ1n) is 6.23. The lowest BCUT2D eigenvalue weighted by atomic mass is 10.1. The Kier molecular flexibility index (Phi) is 3.39. The molecule has 94 valence electrons. The predicted octanol–water partition coefficient (Wildman–Crippen LogP) is 2.17. The minimum absolute atomic E-state index is 0.809. The molecule has 0 bridgehead atoms. The van der Waals surface area contributed by atoms with E-state index in [2.05, 4.69) is 10.1 Å². The summed E-state index contributed by atoms with van der Waals surface area (Å²) in [7, 11) is 0. The van der Waals surface area contributed by atoms with E-state index in [1.165, 1.54) is 0 Å². The monoisotopic (exact) mass is 244 g/mol. The second-order valence-corrected chi connectivity index (χ2v) is 4.44. The fourth-order valence-electron chi connectivity index (χ4n) is 2.11. The zero-order valence-corrected chi connectivity index (χ0v) is 10.2. The van der Waals surface area contributed by atoms with E-state index in [1.54, 1.807) is 0 Å². The van der Waals surface area contributed by atoms with Gasteiger partial charge in [0.25, 0.3) is 0 Å². The molecule has 1 aliphatic rings. The van der Waals surface area contributed by atoms with Crippen molar-refractivity contribution in [1.29, 1.82) is 0 Å². The Morgan fingerprint density at radius 2 is 1.89 bits per heavy atom. The summed E-state index contributed by atoms with van der Waals surface area (Å²) >= 11 is 0. The van der Waals surface area contributed by atoms with Gasteiger partial charge in [-0.05, 0) is 0 Å². The molecular formula is C14H16N2O2. The van der Waals surface area contributed by atoms with E-state index in [0.717, 1.165) is 49.9 Å². The van der Waals surface area contributed by atoms with Crippen LogP contribution in [0, 0.1) is 0 Å². The summed E-state index contributed by atoms with van der Waals surface area (Å²) in [6, 6.07) is 12.1. The van der Waals surface area contributed by atoms with Crippen molar-refractivity contribution in [3.63, 3.8) is 0 Å². The molecule has 4 heteroatoms. The van der Waals surface area contributed by atoms with Crippen LogP contribution in [0.25, 0.3) is 11.3 Å². The Labute approximate surface area is 106 Å². The molecule has 0 N–H and O–H groups in total. The Morgan fingerprint density at radius 3 is 2.67 bits per heavy atom. The maximum absolute atomic E-state index is 5.38. The van der Waals surface area contributed by atoms with Crippen LogP contribution in [0.1, 0.15) is 5.69 Å². The highest BCUT2D eigenvalue weighted by atomic mass is 16.5. The summed E-state index contributed by atoms with van der Waals surface area (Å²) in [6.45, 7) is 4.38. The highest BCUT2D eigenvalue weighted by molar-refractivity contribution is 5.56. The van der Waals surface area contributed by atoms with Crippen LogP contribution in [0.5, 0.6) is 0 Å². The Bertz CT molecular complexity index is 490. The molecule has 4 nitrogen and oxygen atoms in total. The van der Waals surface area contributed by atoms with Crippen molar-refractivity contribution in [2.75, 3.05) is 26.3 Å². The summed E-state index contributed by atoms with van der Waals surface area (Å²) < 4.78 is 10.7. The number of benzene rings is 1. The van der Waals surface area contributed by atoms with Gasteiger partial charge in [-0.2, -0.15) is 0 Å². The molecule has 0 amide bonds. The molecule has 2 heterocycles. The van der Waals surface area contributed by atoms with Crippen LogP contribution in [0.2, 0.25) is 0 Å². The van der Waals surface area contributed by atoms with E-state index in [4.69, 9.17) is 9.26 Å². The summed E-state index contributed by atoms with van der Waals surface area (Å²) in [5.74, 6) is 0.832. The van der Waals surface area contributed by atoms with Crippen molar-refractivity contribution in [2.24, 2.45) is 0 Å². The minimum atomic E-state index is 0.809. The number of aromatic nitrogens is 1. The van der Waals surface area contributed by atoms with Gasteiger partial charge in [-0.1, -0.05) is 35.5 Å². The zero-order chi connectivity index (χ0) is 12.2. The lowest BCUT2D eigenvalue weighted by Gasteiger charge is -2.25. The topological polar surface area (TPSA) is 38.5 Å². The quantitative estimate of drug-likeness (QED) is 0.829. The van der Waals surface area contributed by atoms with Gasteiger partial charge in [-0.25, -0.2) is 0 Å². The van der Waals surface area contributed by atoms with Crippen LogP contribution in [-0.4, -0.2) is 36.4 Å². The molecular weight excluding hydrogens is 228 g/mol. The molecule has 1 aromatic carbocycles. The second kappa shape index (κ2) is 5.33. The first kappa shape index (κ1) is 11.4. The van der Waals surface area contributed by atoms with Crippen molar-refractivity contribution < 1.29 is 9.26 Å². The Morgan fingerprint density at radius 1 is 1.11 bits per heavy atom. The van der Waals surface area contributed by atoms with Gasteiger partial charge in [-0.3, -0.25) is 4.90 Å². The molecule has 0 spiro atoms. The summed E-state index contributed by atoms with van der Waals surface area (Å²) in [4.78, 5) is 2.33. The van der Waals surface area contributed by atoms with Crippen LogP contribution < -0.4 is 0 Å². The number of hydrogen-bond donors (Lipinski definition) is 0. The van der Waals surface area contributed by atoms with Crippen LogP contribution in [0.4, 0.5) is 0 Å². The standard InChI is InChI=1S/C14H16N2O2/c1-2-4-12(5-3-1)14-10-13(15-18-14)11-16-6-8-17-9-7-16/h1-5,10H,6-9,11H2. The summed E-state index contributed by atoms with van der Waals surface area (Å²) in [6.07, 6.45) is 0. The van der Waals surface area contributed by atoms with Crippen LogP contribution in [0.3, 0.4) is 0 Å². The van der Waals surface area contributed by atoms with Gasteiger partial charge in [0.15, 0.2) is 5.76 Å². The lowest BCUT2D eigenvalue weighted by Crippen LogP contribution is -2.35. The van der Waals surface area contributed by atoms with E-state index in [9.17, 15) is 0 Å². The van der Waals surface area contributed by atoms with Gasteiger partial charge >= 0.3 is 0 Å². The van der Waals surface area contributed by atoms with Crippen molar-refractivity contribution in [3.8, 4) is 11.3 Å². The fourth-order valence-corrected chi connectivity index (χ4v) is 2.11. The van der Waals surface area contributed by atoms with Gasteiger partial charge in [0.05, 0.1) is 18.9 Å². The molecule has 0 radical (unpaired) electrons. The van der Waals surface area contributed by atoms with Gasteiger partial charge in [0.2, 0.25) is 0 Å². The van der Waals surface area contributed by atoms with Gasteiger partial charge in [-0.15, -0.1) is 0 Å². The average Bonchev–Trinajstić information content (AvgIpc) is 2.89. The first-order valence-corrected chi connectivity index (χ1v) is 6.23. The van der Waals surface area contributed by atoms with E-state index >= 15 is 0 Å². The smallest absolute Gasteiger partial charge is 0.167 e. The second-order valence-electron chi connectivity index (χ2n) is 4.44. The highest BCUT2D eigenvalue weighted by Crippen LogP contribution is 2.20. The van der Waals surface area contributed by atoms with Crippen molar-refractivity contribution in [2.45, 2.75) is 6.54 Å². The van der Waals surface area contributed by atoms with Gasteiger partial charge in [0.1, 0.15) is 0 Å². The van der Waals surface area contributed by atoms with Crippen LogP contribution >= 0.6 is 0 Å². The molecule has 0 aliphatic carbocycles. The normalized spacial score (nSPS) is 16.9. The molecule has 0 atom stereocenters. The predicted molar refractivity (Wildman–Crippen MR) is 68.0 cm³/mol. The number of nitrogens with zero attached hydrogens (tertiary/aromatic N) is 2. The number of ether oxygens (including phenoxy) is 1. The number of hydrogen-bond acceptors (Lipinski definition) is 4. The maximum atomic E-state index is 5.38. The molecule has 1 saturated heterocycles. The Balaban J connectivity index is 1.69. The van der Waals surface area contributed by atoms with Crippen molar-refractivity contribution in [3.05, 3.63) is 42.1 Å². The van der Waals surface area contributed by atoms with E-state index in [0.29, 0.717) is 0 Å². The molecule has 1 fully saturated rings. The third-order valence-electron chi connectivity index (χ3n) is 3.11. The third-order valence-corrected chi connectivity index (χ3v) is 3.11. The van der Waals surface area contributed by atoms with Gasteiger partial charge < -0.3 is 9.26 Å². The first-order chi connectivity index (χ1) is 8.92. The molecule has 0 unspecified atom stereocenters. The van der Waals surface area contributed by atoms with Gasteiger partial charge in [0, 0.05) is 31.3 Å². The average molecular weight is 244 g/mol. The SMILES string of the molecule is c1ccc(-c2cc(CN3CCOCC3)no2)cc1. The van der Waals surface area contributed by atoms with E-state index in [1.807, 2.05) is 36.4 Å². The molecule has 18 heavy (non-hydrogen) atoms. The fraction of sp³-hybridized carbons (Fsp3) is 0.357. The lowest BCUT2D eigenvalue weighted by molar-refractivity contribution is 0.0332. The third kappa shape index (κ3) is 2.60. The number of rotatable bonds is 3. The van der Waals surface area contributed by atoms with E-state index < -0.39 is 0 Å². The largest absolute Gasteiger partial charge is 0.379 e. The maximum Gasteiger partial charge on any atom is 0.167 e. The molecule has 2 aromatic rings. The molecule has 3 rings (SSSR count). The summed E-state index contributed by atoms with van der Waals surface area (Å²) in [5.41, 5.74) is 2.05. The van der Waals surface area contributed by atoms with Crippen LogP contribution in [0.15, 0.2) is 40.9 Å². The molecule has 1 aromatic heterocycles. The summed E-state index contributed by atoms with van der Waals surface area (Å²) in [5, 5.41) is 4.13. The minimum Gasteiger partial charge on any atom is -0.379 e. The Hall–Kier alpha value is -1.65. The van der Waals surface area contributed by atoms with Crippen LogP contribution in [-0.2, 0) is 11.3 Å². The van der Waals surface area contributed by atoms with E-state index in [-0.39, 0.29) is 0 Å².